The van der Waals surface area contributed by atoms with E-state index in [4.69, 9.17) is 9.73 Å². The Morgan fingerprint density at radius 1 is 0.944 bits per heavy atom. The number of rotatable bonds is 10. The summed E-state index contributed by atoms with van der Waals surface area (Å²) >= 11 is 0. The van der Waals surface area contributed by atoms with Crippen LogP contribution in [0.15, 0.2) is 4.99 Å². The maximum Gasteiger partial charge on any atom is 0.183 e. The molecule has 0 aliphatic carbocycles. The predicted octanol–water partition coefficient (Wildman–Crippen LogP) is 5.11. The van der Waals surface area contributed by atoms with E-state index in [2.05, 4.69) is 20.8 Å². The first kappa shape index (κ1) is 15.5. The van der Waals surface area contributed by atoms with Crippen molar-refractivity contribution in [1.82, 2.24) is 0 Å². The Balaban J connectivity index is 2.10. The Morgan fingerprint density at radius 3 is 2.11 bits per heavy atom. The van der Waals surface area contributed by atoms with Crippen LogP contribution in [0.5, 0.6) is 0 Å². The van der Waals surface area contributed by atoms with Crippen molar-refractivity contribution in [3.8, 4) is 0 Å². The molecule has 0 N–H and O–H groups in total. The van der Waals surface area contributed by atoms with E-state index in [1.807, 2.05) is 0 Å². The van der Waals surface area contributed by atoms with Gasteiger partial charge in [-0.3, -0.25) is 0 Å². The van der Waals surface area contributed by atoms with Gasteiger partial charge in [0.25, 0.3) is 0 Å². The summed E-state index contributed by atoms with van der Waals surface area (Å²) in [5.41, 5.74) is 0.108. The number of hydrogen-bond donors (Lipinski definition) is 0. The zero-order valence-corrected chi connectivity index (χ0v) is 12.6. The number of nitrogens with zero attached hydrogens (tertiary/aromatic N) is 1. The van der Waals surface area contributed by atoms with Crippen LogP contribution in [0.1, 0.15) is 85.0 Å². The maximum absolute atomic E-state index is 5.75. The molecule has 0 aromatic heterocycles. The van der Waals surface area contributed by atoms with Gasteiger partial charge in [0.1, 0.15) is 6.61 Å². The topological polar surface area (TPSA) is 21.6 Å². The molecule has 0 radical (unpaired) electrons. The van der Waals surface area contributed by atoms with Crippen molar-refractivity contribution < 1.29 is 4.74 Å². The summed E-state index contributed by atoms with van der Waals surface area (Å²) in [6.07, 6.45) is 12.7. The van der Waals surface area contributed by atoms with Crippen LogP contribution in [0.4, 0.5) is 0 Å². The molecule has 0 saturated carbocycles. The molecule has 1 aliphatic rings. The van der Waals surface area contributed by atoms with Gasteiger partial charge in [0.05, 0.1) is 5.54 Å². The van der Waals surface area contributed by atoms with Gasteiger partial charge >= 0.3 is 0 Å². The molecule has 2 nitrogen and oxygen atoms in total. The summed E-state index contributed by atoms with van der Waals surface area (Å²) in [6.45, 7) is 7.51. The monoisotopic (exact) mass is 253 g/mol. The molecule has 18 heavy (non-hydrogen) atoms. The molecule has 0 fully saturated rings. The molecule has 0 aromatic rings. The Bertz CT molecular complexity index is 243. The smallest absolute Gasteiger partial charge is 0.183 e. The zero-order chi connectivity index (χ0) is 13.3. The molecule has 0 spiro atoms. The van der Waals surface area contributed by atoms with Crippen LogP contribution in [-0.4, -0.2) is 18.0 Å². The minimum absolute atomic E-state index is 0.108. The van der Waals surface area contributed by atoms with E-state index >= 15 is 0 Å². The van der Waals surface area contributed by atoms with Gasteiger partial charge in [-0.05, 0) is 19.3 Å². The van der Waals surface area contributed by atoms with Gasteiger partial charge in [0.15, 0.2) is 5.90 Å². The minimum atomic E-state index is 0.108. The fourth-order valence-electron chi connectivity index (χ4n) is 2.52. The van der Waals surface area contributed by atoms with E-state index in [9.17, 15) is 0 Å². The lowest BCUT2D eigenvalue weighted by Crippen LogP contribution is -2.25. The molecular formula is C16H31NO. The first-order valence-corrected chi connectivity index (χ1v) is 7.98. The summed E-state index contributed by atoms with van der Waals surface area (Å²) in [5, 5.41) is 0. The van der Waals surface area contributed by atoms with Crippen molar-refractivity contribution in [2.75, 3.05) is 6.61 Å². The molecule has 1 aliphatic heterocycles. The van der Waals surface area contributed by atoms with Crippen molar-refractivity contribution in [3.63, 3.8) is 0 Å². The van der Waals surface area contributed by atoms with Crippen LogP contribution >= 0.6 is 0 Å². The lowest BCUT2D eigenvalue weighted by Gasteiger charge is -2.18. The molecule has 0 unspecified atom stereocenters. The second-order valence-electron chi connectivity index (χ2n) is 5.60. The Kier molecular flexibility index (Phi) is 7.38. The van der Waals surface area contributed by atoms with Crippen molar-refractivity contribution in [2.45, 2.75) is 90.5 Å². The normalized spacial score (nSPS) is 17.6. The predicted molar refractivity (Wildman–Crippen MR) is 79.3 cm³/mol. The van der Waals surface area contributed by atoms with Crippen molar-refractivity contribution in [1.29, 1.82) is 0 Å². The number of aliphatic imine (C=N–C) groups is 1. The van der Waals surface area contributed by atoms with Crippen LogP contribution in [0.2, 0.25) is 0 Å². The van der Waals surface area contributed by atoms with Crippen molar-refractivity contribution in [3.05, 3.63) is 0 Å². The fraction of sp³-hybridized carbons (Fsp3) is 0.938. The van der Waals surface area contributed by atoms with E-state index < -0.39 is 0 Å². The largest absolute Gasteiger partial charge is 0.478 e. The third-order valence-corrected chi connectivity index (χ3v) is 4.18. The Hall–Kier alpha value is -0.530. The average Bonchev–Trinajstić information content (AvgIpc) is 2.82. The van der Waals surface area contributed by atoms with Gasteiger partial charge in [-0.15, -0.1) is 0 Å². The SMILES string of the molecule is CCCCCCCCCC1=NC(CC)(CC)CO1. The highest BCUT2D eigenvalue weighted by molar-refractivity contribution is 5.78. The highest BCUT2D eigenvalue weighted by Crippen LogP contribution is 2.27. The Morgan fingerprint density at radius 2 is 1.56 bits per heavy atom. The number of hydrogen-bond acceptors (Lipinski definition) is 2. The quantitative estimate of drug-likeness (QED) is 0.495. The van der Waals surface area contributed by atoms with Crippen molar-refractivity contribution in [2.24, 2.45) is 4.99 Å². The van der Waals surface area contributed by atoms with E-state index in [1.54, 1.807) is 0 Å². The molecule has 0 bridgehead atoms. The van der Waals surface area contributed by atoms with Gasteiger partial charge in [-0.25, -0.2) is 4.99 Å². The maximum atomic E-state index is 5.75. The fourth-order valence-corrected chi connectivity index (χ4v) is 2.52. The van der Waals surface area contributed by atoms with Crippen molar-refractivity contribution >= 4 is 5.90 Å². The Labute approximate surface area is 113 Å². The van der Waals surface area contributed by atoms with E-state index in [-0.39, 0.29) is 5.54 Å². The minimum Gasteiger partial charge on any atom is -0.478 e. The highest BCUT2D eigenvalue weighted by Gasteiger charge is 2.32. The molecule has 0 amide bonds. The first-order chi connectivity index (χ1) is 8.76. The summed E-state index contributed by atoms with van der Waals surface area (Å²) in [7, 11) is 0. The molecule has 106 valence electrons. The van der Waals surface area contributed by atoms with Gasteiger partial charge in [-0.2, -0.15) is 0 Å². The lowest BCUT2D eigenvalue weighted by molar-refractivity contribution is 0.240. The first-order valence-electron chi connectivity index (χ1n) is 7.98. The lowest BCUT2D eigenvalue weighted by atomic mass is 9.96. The molecular weight excluding hydrogens is 222 g/mol. The van der Waals surface area contributed by atoms with E-state index in [0.717, 1.165) is 31.8 Å². The van der Waals surface area contributed by atoms with Gasteiger partial charge < -0.3 is 4.74 Å². The molecule has 0 aromatic carbocycles. The van der Waals surface area contributed by atoms with Crippen LogP contribution < -0.4 is 0 Å². The van der Waals surface area contributed by atoms with Gasteiger partial charge in [0, 0.05) is 6.42 Å². The van der Waals surface area contributed by atoms with Gasteiger partial charge in [-0.1, -0.05) is 59.3 Å². The standard InChI is InChI=1S/C16H31NO/c1-4-7-8-9-10-11-12-13-15-17-16(5-2,6-3)14-18-15/h4-14H2,1-3H3. The van der Waals surface area contributed by atoms with E-state index in [0.29, 0.717) is 0 Å². The molecule has 0 saturated heterocycles. The summed E-state index contributed by atoms with van der Waals surface area (Å²) in [4.78, 5) is 4.80. The van der Waals surface area contributed by atoms with E-state index in [1.165, 1.54) is 44.9 Å². The van der Waals surface area contributed by atoms with Crippen LogP contribution in [0.3, 0.4) is 0 Å². The molecule has 1 rings (SSSR count). The van der Waals surface area contributed by atoms with Gasteiger partial charge in [0.2, 0.25) is 0 Å². The van der Waals surface area contributed by atoms with Crippen LogP contribution in [0, 0.1) is 0 Å². The summed E-state index contributed by atoms with van der Waals surface area (Å²) in [5.74, 6) is 1.02. The second-order valence-corrected chi connectivity index (χ2v) is 5.60. The molecule has 2 heteroatoms. The molecule has 1 heterocycles. The number of ether oxygens (including phenoxy) is 1. The third-order valence-electron chi connectivity index (χ3n) is 4.18. The highest BCUT2D eigenvalue weighted by atomic mass is 16.5. The number of unbranched alkanes of at least 4 members (excludes halogenated alkanes) is 6. The third kappa shape index (κ3) is 4.99. The zero-order valence-electron chi connectivity index (χ0n) is 12.6. The summed E-state index contributed by atoms with van der Waals surface area (Å²) in [6, 6.07) is 0. The summed E-state index contributed by atoms with van der Waals surface area (Å²) < 4.78 is 5.75. The molecule has 0 atom stereocenters. The van der Waals surface area contributed by atoms with Crippen LogP contribution in [-0.2, 0) is 4.74 Å². The second kappa shape index (κ2) is 8.55. The average molecular weight is 253 g/mol. The van der Waals surface area contributed by atoms with Crippen LogP contribution in [0.25, 0.3) is 0 Å².